The minimum Gasteiger partial charge on any atom is -0.497 e. The number of carboxylic acids is 1. The third-order valence-corrected chi connectivity index (χ3v) is 7.28. The first-order chi connectivity index (χ1) is 18.2. The highest BCUT2D eigenvalue weighted by molar-refractivity contribution is 6.32. The average Bonchev–Trinajstić information content (AvgIpc) is 2.86. The maximum atomic E-state index is 15.6. The number of rotatable bonds is 8. The van der Waals surface area contributed by atoms with E-state index in [0.29, 0.717) is 54.7 Å². The van der Waals surface area contributed by atoms with Gasteiger partial charge in [0.05, 0.1) is 24.2 Å². The first kappa shape index (κ1) is 27.7. The molecule has 2 unspecified atom stereocenters. The zero-order chi connectivity index (χ0) is 27.2. The fourth-order valence-corrected chi connectivity index (χ4v) is 5.40. The summed E-state index contributed by atoms with van der Waals surface area (Å²) in [5, 5.41) is 10.3. The predicted octanol–water partition coefficient (Wildman–Crippen LogP) is 6.43. The molecule has 2 aromatic carbocycles. The van der Waals surface area contributed by atoms with Crippen molar-refractivity contribution in [1.82, 2.24) is 9.88 Å². The largest absolute Gasteiger partial charge is 0.497 e. The highest BCUT2D eigenvalue weighted by Crippen LogP contribution is 2.39. The van der Waals surface area contributed by atoms with Gasteiger partial charge in [-0.2, -0.15) is 0 Å². The van der Waals surface area contributed by atoms with Crippen molar-refractivity contribution in [1.29, 1.82) is 0 Å². The minimum absolute atomic E-state index is 0.0206. The molecular weight excluding hydrogens is 517 g/mol. The Bertz CT molecular complexity index is 1350. The molecule has 1 N–H and O–H groups in total. The summed E-state index contributed by atoms with van der Waals surface area (Å²) in [5.74, 6) is 3.82. The van der Waals surface area contributed by atoms with Crippen LogP contribution < -0.4 is 4.74 Å². The van der Waals surface area contributed by atoms with Crippen LogP contribution in [0.5, 0.6) is 5.75 Å². The van der Waals surface area contributed by atoms with E-state index < -0.39 is 23.8 Å². The lowest BCUT2D eigenvalue weighted by Crippen LogP contribution is -2.41. The van der Waals surface area contributed by atoms with Crippen molar-refractivity contribution in [3.8, 4) is 17.6 Å². The van der Waals surface area contributed by atoms with E-state index in [1.165, 1.54) is 13.3 Å². The summed E-state index contributed by atoms with van der Waals surface area (Å²) < 4.78 is 47.7. The van der Waals surface area contributed by atoms with Gasteiger partial charge in [-0.1, -0.05) is 23.4 Å². The van der Waals surface area contributed by atoms with E-state index in [1.807, 2.05) is 4.90 Å². The van der Waals surface area contributed by atoms with E-state index in [1.54, 1.807) is 18.2 Å². The van der Waals surface area contributed by atoms with E-state index in [0.717, 1.165) is 18.2 Å². The summed E-state index contributed by atoms with van der Waals surface area (Å²) in [6.07, 6.45) is 1.47. The molecule has 1 saturated heterocycles. The van der Waals surface area contributed by atoms with Gasteiger partial charge in [0, 0.05) is 41.7 Å². The normalized spacial score (nSPS) is 18.6. The number of pyridine rings is 1. The van der Waals surface area contributed by atoms with Gasteiger partial charge in [-0.3, -0.25) is 14.7 Å². The van der Waals surface area contributed by atoms with E-state index >= 15 is 4.39 Å². The van der Waals surface area contributed by atoms with Gasteiger partial charge in [-0.05, 0) is 68.0 Å². The number of hydrogen-bond donors (Lipinski definition) is 1. The summed E-state index contributed by atoms with van der Waals surface area (Å²) in [4.78, 5) is 17.9. The van der Waals surface area contributed by atoms with E-state index in [2.05, 4.69) is 16.8 Å². The second-order valence-corrected chi connectivity index (χ2v) is 9.96. The van der Waals surface area contributed by atoms with Crippen molar-refractivity contribution in [2.24, 2.45) is 11.8 Å². The molecule has 38 heavy (non-hydrogen) atoms. The Labute approximate surface area is 224 Å². The summed E-state index contributed by atoms with van der Waals surface area (Å²) in [6.45, 7) is 1.50. The van der Waals surface area contributed by atoms with Crippen LogP contribution in [0.1, 0.15) is 43.0 Å². The molecule has 9 heteroatoms. The van der Waals surface area contributed by atoms with Crippen molar-refractivity contribution in [2.75, 3.05) is 26.7 Å². The maximum Gasteiger partial charge on any atom is 0.303 e. The van der Waals surface area contributed by atoms with Crippen LogP contribution in [-0.2, 0) is 4.79 Å². The fraction of sp³-hybridized carbons (Fsp3) is 0.379. The first-order valence-corrected chi connectivity index (χ1v) is 12.8. The lowest BCUT2D eigenvalue weighted by Gasteiger charge is -2.37. The zero-order valence-electron chi connectivity index (χ0n) is 20.9. The standard InChI is InChI=1S/C29H28ClF3N2O3/c1-38-23-5-7-27-24(15-23)29(25(30)16-34-27)26(33)6-4-19-8-10-35(17-20(19)13-28(36)37)9-2-3-18-11-21(31)14-22(32)12-18/h5,7,11-12,14-16,19-20,26H,4,6,8-10,13,17H2,1H3,(H,36,37)/t19?,20?,26-/m1/s1. The number of aliphatic carboxylic acids is 1. The molecule has 1 fully saturated rings. The van der Waals surface area contributed by atoms with Gasteiger partial charge in [0.2, 0.25) is 0 Å². The molecule has 0 amide bonds. The molecule has 200 valence electrons. The number of nitrogens with zero attached hydrogens (tertiary/aromatic N) is 2. The monoisotopic (exact) mass is 544 g/mol. The van der Waals surface area contributed by atoms with Crippen LogP contribution in [0.25, 0.3) is 10.9 Å². The Kier molecular flexibility index (Phi) is 9.13. The van der Waals surface area contributed by atoms with Crippen LogP contribution in [0.2, 0.25) is 5.02 Å². The molecule has 0 saturated carbocycles. The SMILES string of the molecule is COc1ccc2ncc(Cl)c([C@H](F)CCC3CCN(CC#Cc4cc(F)cc(F)c4)CC3CC(=O)O)c2c1. The van der Waals surface area contributed by atoms with Crippen molar-refractivity contribution in [2.45, 2.75) is 31.9 Å². The number of likely N-dealkylation sites (tertiary alicyclic amines) is 1. The van der Waals surface area contributed by atoms with E-state index in [-0.39, 0.29) is 35.3 Å². The molecule has 3 aromatic rings. The lowest BCUT2D eigenvalue weighted by atomic mass is 9.79. The highest BCUT2D eigenvalue weighted by atomic mass is 35.5. The number of fused-ring (bicyclic) bond motifs is 1. The number of aromatic nitrogens is 1. The Balaban J connectivity index is 1.42. The Morgan fingerprint density at radius 3 is 2.71 bits per heavy atom. The average molecular weight is 545 g/mol. The van der Waals surface area contributed by atoms with Gasteiger partial charge in [-0.25, -0.2) is 13.2 Å². The number of piperidine rings is 1. The van der Waals surface area contributed by atoms with Crippen LogP contribution in [0.3, 0.4) is 0 Å². The second kappa shape index (κ2) is 12.5. The van der Waals surface area contributed by atoms with Crippen LogP contribution in [0.4, 0.5) is 13.2 Å². The number of ether oxygens (including phenoxy) is 1. The van der Waals surface area contributed by atoms with Crippen LogP contribution in [-0.4, -0.2) is 47.7 Å². The highest BCUT2D eigenvalue weighted by Gasteiger charge is 2.31. The molecule has 0 radical (unpaired) electrons. The number of benzene rings is 2. The Morgan fingerprint density at radius 1 is 1.24 bits per heavy atom. The summed E-state index contributed by atoms with van der Waals surface area (Å²) >= 11 is 6.36. The molecule has 4 rings (SSSR count). The maximum absolute atomic E-state index is 15.6. The van der Waals surface area contributed by atoms with Gasteiger partial charge >= 0.3 is 5.97 Å². The number of carboxylic acid groups (broad SMARTS) is 1. The van der Waals surface area contributed by atoms with Gasteiger partial charge in [-0.15, -0.1) is 0 Å². The molecule has 3 atom stereocenters. The second-order valence-electron chi connectivity index (χ2n) is 9.55. The third kappa shape index (κ3) is 6.97. The van der Waals surface area contributed by atoms with Crippen LogP contribution in [0.15, 0.2) is 42.6 Å². The topological polar surface area (TPSA) is 62.7 Å². The molecule has 0 aliphatic carbocycles. The molecule has 0 bridgehead atoms. The molecule has 1 aromatic heterocycles. The van der Waals surface area contributed by atoms with Crippen molar-refractivity contribution >= 4 is 28.5 Å². The quantitative estimate of drug-likeness (QED) is 0.331. The molecule has 0 spiro atoms. The predicted molar refractivity (Wildman–Crippen MR) is 140 cm³/mol. The third-order valence-electron chi connectivity index (χ3n) is 6.98. The molecule has 2 heterocycles. The number of carbonyl (C=O) groups is 1. The van der Waals surface area contributed by atoms with Crippen molar-refractivity contribution in [3.05, 3.63) is 70.4 Å². The Hall–Kier alpha value is -3.28. The lowest BCUT2D eigenvalue weighted by molar-refractivity contribution is -0.139. The van der Waals surface area contributed by atoms with E-state index in [9.17, 15) is 18.7 Å². The molecule has 1 aliphatic rings. The summed E-state index contributed by atoms with van der Waals surface area (Å²) in [5.41, 5.74) is 1.23. The number of halogens is 4. The van der Waals surface area contributed by atoms with Crippen molar-refractivity contribution in [3.63, 3.8) is 0 Å². The fourth-order valence-electron chi connectivity index (χ4n) is 5.13. The van der Waals surface area contributed by atoms with Crippen LogP contribution in [0, 0.1) is 35.3 Å². The van der Waals surface area contributed by atoms with Gasteiger partial charge in [0.25, 0.3) is 0 Å². The van der Waals surface area contributed by atoms with Gasteiger partial charge in [0.1, 0.15) is 23.6 Å². The number of hydrogen-bond acceptors (Lipinski definition) is 4. The smallest absolute Gasteiger partial charge is 0.303 e. The molecule has 5 nitrogen and oxygen atoms in total. The molecular formula is C29H28ClF3N2O3. The van der Waals surface area contributed by atoms with E-state index in [4.69, 9.17) is 16.3 Å². The van der Waals surface area contributed by atoms with Gasteiger partial charge in [0.15, 0.2) is 0 Å². The van der Waals surface area contributed by atoms with Crippen molar-refractivity contribution < 1.29 is 27.8 Å². The first-order valence-electron chi connectivity index (χ1n) is 12.4. The Morgan fingerprint density at radius 2 is 2.00 bits per heavy atom. The number of alkyl halides is 1. The summed E-state index contributed by atoms with van der Waals surface area (Å²) in [6, 6.07) is 8.35. The number of methoxy groups -OCH3 is 1. The summed E-state index contributed by atoms with van der Waals surface area (Å²) in [7, 11) is 1.54. The van der Waals surface area contributed by atoms with Crippen LogP contribution >= 0.6 is 11.6 Å². The molecule has 1 aliphatic heterocycles. The van der Waals surface area contributed by atoms with Gasteiger partial charge < -0.3 is 9.84 Å². The zero-order valence-corrected chi connectivity index (χ0v) is 21.6. The minimum atomic E-state index is -1.35.